The zero-order chi connectivity index (χ0) is 10.9. The van der Waals surface area contributed by atoms with Crippen LogP contribution in [0.1, 0.15) is 19.8 Å². The van der Waals surface area contributed by atoms with Gasteiger partial charge in [-0.15, -0.1) is 0 Å². The van der Waals surface area contributed by atoms with Gasteiger partial charge < -0.3 is 15.7 Å². The van der Waals surface area contributed by atoms with E-state index >= 15 is 0 Å². The standard InChI is InChI=1S/C11H17N3O/c1-11(15)6-3-7-14(8-11)10-5-2-4-9(12)13-10/h2,4-5,15H,3,6-8H2,1H3,(H2,12,13). The van der Waals surface area contributed by atoms with E-state index in [0.717, 1.165) is 25.2 Å². The molecule has 3 N–H and O–H groups in total. The minimum atomic E-state index is -0.607. The Kier molecular flexibility index (Phi) is 2.52. The average Bonchev–Trinajstić information content (AvgIpc) is 2.16. The van der Waals surface area contributed by atoms with E-state index in [0.29, 0.717) is 12.4 Å². The highest BCUT2D eigenvalue weighted by Crippen LogP contribution is 2.24. The Morgan fingerprint density at radius 1 is 1.53 bits per heavy atom. The minimum Gasteiger partial charge on any atom is -0.388 e. The van der Waals surface area contributed by atoms with Crippen LogP contribution >= 0.6 is 0 Å². The van der Waals surface area contributed by atoms with Gasteiger partial charge in [0.05, 0.1) is 5.60 Å². The van der Waals surface area contributed by atoms with Crippen LogP contribution in [0.4, 0.5) is 11.6 Å². The fourth-order valence-electron chi connectivity index (χ4n) is 2.03. The molecule has 1 unspecified atom stereocenters. The first-order valence-corrected chi connectivity index (χ1v) is 5.27. The van der Waals surface area contributed by atoms with Gasteiger partial charge in [0.25, 0.3) is 0 Å². The maximum atomic E-state index is 9.97. The molecule has 0 radical (unpaired) electrons. The van der Waals surface area contributed by atoms with Gasteiger partial charge in [0.2, 0.25) is 0 Å². The number of nitrogen functional groups attached to an aromatic ring is 1. The van der Waals surface area contributed by atoms with Gasteiger partial charge in [0, 0.05) is 13.1 Å². The summed E-state index contributed by atoms with van der Waals surface area (Å²) in [6.45, 7) is 3.43. The largest absolute Gasteiger partial charge is 0.388 e. The summed E-state index contributed by atoms with van der Waals surface area (Å²) in [5.74, 6) is 1.38. The lowest BCUT2D eigenvalue weighted by molar-refractivity contribution is 0.0447. The Balaban J connectivity index is 2.17. The van der Waals surface area contributed by atoms with Crippen LogP contribution < -0.4 is 10.6 Å². The van der Waals surface area contributed by atoms with Crippen molar-refractivity contribution in [3.05, 3.63) is 18.2 Å². The van der Waals surface area contributed by atoms with E-state index in [9.17, 15) is 5.11 Å². The second-order valence-electron chi connectivity index (χ2n) is 4.44. The number of aliphatic hydroxyl groups is 1. The summed E-state index contributed by atoms with van der Waals surface area (Å²) in [6.07, 6.45) is 1.84. The van der Waals surface area contributed by atoms with Crippen molar-refractivity contribution in [1.29, 1.82) is 0 Å². The van der Waals surface area contributed by atoms with Crippen LogP contribution in [0, 0.1) is 0 Å². The van der Waals surface area contributed by atoms with E-state index in [1.807, 2.05) is 19.1 Å². The molecule has 0 saturated carbocycles. The number of β-amino-alcohol motifs (C(OH)–C–C–N with tert-alkyl or cyclic N) is 1. The topological polar surface area (TPSA) is 62.4 Å². The number of pyridine rings is 1. The first-order chi connectivity index (χ1) is 7.07. The van der Waals surface area contributed by atoms with Gasteiger partial charge in [0.1, 0.15) is 11.6 Å². The molecule has 1 aromatic heterocycles. The highest BCUT2D eigenvalue weighted by atomic mass is 16.3. The number of piperidine rings is 1. The summed E-state index contributed by atoms with van der Waals surface area (Å²) in [6, 6.07) is 5.59. The van der Waals surface area contributed by atoms with Crippen molar-refractivity contribution in [3.63, 3.8) is 0 Å². The van der Waals surface area contributed by atoms with Crippen LogP contribution in [0.3, 0.4) is 0 Å². The molecule has 1 fully saturated rings. The average molecular weight is 207 g/mol. The van der Waals surface area contributed by atoms with Gasteiger partial charge in [-0.1, -0.05) is 6.07 Å². The highest BCUT2D eigenvalue weighted by Gasteiger charge is 2.28. The lowest BCUT2D eigenvalue weighted by atomic mass is 9.95. The second-order valence-corrected chi connectivity index (χ2v) is 4.44. The molecule has 1 aliphatic rings. The number of anilines is 2. The van der Waals surface area contributed by atoms with Crippen molar-refractivity contribution in [2.45, 2.75) is 25.4 Å². The monoisotopic (exact) mass is 207 g/mol. The van der Waals surface area contributed by atoms with Gasteiger partial charge >= 0.3 is 0 Å². The first-order valence-electron chi connectivity index (χ1n) is 5.27. The molecular weight excluding hydrogens is 190 g/mol. The van der Waals surface area contributed by atoms with E-state index in [1.54, 1.807) is 6.07 Å². The van der Waals surface area contributed by atoms with Crippen LogP contribution in [0.2, 0.25) is 0 Å². The van der Waals surface area contributed by atoms with Crippen LogP contribution in [0.5, 0.6) is 0 Å². The van der Waals surface area contributed by atoms with Crippen molar-refractivity contribution in [2.24, 2.45) is 0 Å². The van der Waals surface area contributed by atoms with Crippen molar-refractivity contribution < 1.29 is 5.11 Å². The van der Waals surface area contributed by atoms with Crippen molar-refractivity contribution in [1.82, 2.24) is 4.98 Å². The minimum absolute atomic E-state index is 0.526. The predicted molar refractivity (Wildman–Crippen MR) is 60.7 cm³/mol. The summed E-state index contributed by atoms with van der Waals surface area (Å²) >= 11 is 0. The molecule has 82 valence electrons. The number of nitrogens with zero attached hydrogens (tertiary/aromatic N) is 2. The second kappa shape index (κ2) is 3.70. The van der Waals surface area contributed by atoms with E-state index in [2.05, 4.69) is 9.88 Å². The van der Waals surface area contributed by atoms with E-state index in [4.69, 9.17) is 5.73 Å². The molecular formula is C11H17N3O. The Hall–Kier alpha value is -1.29. The van der Waals surface area contributed by atoms with Gasteiger partial charge in [-0.25, -0.2) is 4.98 Å². The zero-order valence-corrected chi connectivity index (χ0v) is 8.98. The molecule has 1 saturated heterocycles. The molecule has 2 rings (SSSR count). The summed E-state index contributed by atoms with van der Waals surface area (Å²) in [5.41, 5.74) is 5.03. The Labute approximate surface area is 89.7 Å². The lowest BCUT2D eigenvalue weighted by Gasteiger charge is -2.37. The van der Waals surface area contributed by atoms with Crippen molar-refractivity contribution >= 4 is 11.6 Å². The SMILES string of the molecule is CC1(O)CCCN(c2cccc(N)n2)C1. The molecule has 4 heteroatoms. The van der Waals surface area contributed by atoms with Crippen LogP contribution in [-0.2, 0) is 0 Å². The van der Waals surface area contributed by atoms with E-state index in [1.165, 1.54) is 0 Å². The quantitative estimate of drug-likeness (QED) is 0.721. The number of nitrogens with two attached hydrogens (primary N) is 1. The molecule has 0 spiro atoms. The fourth-order valence-corrected chi connectivity index (χ4v) is 2.03. The Morgan fingerprint density at radius 3 is 3.00 bits per heavy atom. The number of hydrogen-bond acceptors (Lipinski definition) is 4. The highest BCUT2D eigenvalue weighted by molar-refractivity contribution is 5.45. The van der Waals surface area contributed by atoms with Gasteiger partial charge in [-0.05, 0) is 31.9 Å². The normalized spacial score (nSPS) is 26.7. The fraction of sp³-hybridized carbons (Fsp3) is 0.545. The third-order valence-electron chi connectivity index (χ3n) is 2.75. The Morgan fingerprint density at radius 2 is 2.33 bits per heavy atom. The number of aromatic nitrogens is 1. The van der Waals surface area contributed by atoms with Crippen LogP contribution in [0.25, 0.3) is 0 Å². The zero-order valence-electron chi connectivity index (χ0n) is 8.98. The molecule has 4 nitrogen and oxygen atoms in total. The summed E-state index contributed by atoms with van der Waals surface area (Å²) in [7, 11) is 0. The van der Waals surface area contributed by atoms with Crippen LogP contribution in [0.15, 0.2) is 18.2 Å². The Bertz CT molecular complexity index is 351. The third kappa shape index (κ3) is 2.39. The maximum absolute atomic E-state index is 9.97. The summed E-state index contributed by atoms with van der Waals surface area (Å²) < 4.78 is 0. The maximum Gasteiger partial charge on any atom is 0.131 e. The molecule has 0 aromatic carbocycles. The van der Waals surface area contributed by atoms with Crippen molar-refractivity contribution in [3.8, 4) is 0 Å². The van der Waals surface area contributed by atoms with Gasteiger partial charge in [-0.3, -0.25) is 0 Å². The molecule has 1 aromatic rings. The predicted octanol–water partition coefficient (Wildman–Crippen LogP) is 1.01. The third-order valence-corrected chi connectivity index (χ3v) is 2.75. The molecule has 1 atom stereocenters. The van der Waals surface area contributed by atoms with E-state index in [-0.39, 0.29) is 0 Å². The van der Waals surface area contributed by atoms with E-state index < -0.39 is 5.60 Å². The smallest absolute Gasteiger partial charge is 0.131 e. The summed E-state index contributed by atoms with van der Waals surface area (Å²) in [5, 5.41) is 9.97. The molecule has 0 amide bonds. The molecule has 0 bridgehead atoms. The van der Waals surface area contributed by atoms with Gasteiger partial charge in [0.15, 0.2) is 0 Å². The van der Waals surface area contributed by atoms with Gasteiger partial charge in [-0.2, -0.15) is 0 Å². The number of hydrogen-bond donors (Lipinski definition) is 2. The number of rotatable bonds is 1. The van der Waals surface area contributed by atoms with Crippen LogP contribution in [-0.4, -0.2) is 28.8 Å². The molecule has 15 heavy (non-hydrogen) atoms. The first kappa shape index (κ1) is 10.2. The molecule has 0 aliphatic carbocycles. The summed E-state index contributed by atoms with van der Waals surface area (Å²) in [4.78, 5) is 6.34. The molecule has 2 heterocycles. The molecule has 1 aliphatic heterocycles. The lowest BCUT2D eigenvalue weighted by Crippen LogP contribution is -2.46. The van der Waals surface area contributed by atoms with Crippen molar-refractivity contribution in [2.75, 3.05) is 23.7 Å².